The van der Waals surface area contributed by atoms with Gasteiger partial charge >= 0.3 is 0 Å². The lowest BCUT2D eigenvalue weighted by Gasteiger charge is -2.02. The molecule has 14 heavy (non-hydrogen) atoms. The van der Waals surface area contributed by atoms with Crippen molar-refractivity contribution in [2.45, 2.75) is 19.8 Å². The van der Waals surface area contributed by atoms with Crippen molar-refractivity contribution in [3.8, 4) is 0 Å². The van der Waals surface area contributed by atoms with Crippen molar-refractivity contribution in [2.24, 2.45) is 5.73 Å². The third kappa shape index (κ3) is 2.82. The Balaban J connectivity index is 2.76. The number of carbonyl (C=O) groups excluding carboxylic acids is 1. The van der Waals surface area contributed by atoms with E-state index in [0.717, 1.165) is 17.5 Å². The van der Waals surface area contributed by atoms with Crippen molar-refractivity contribution >= 4 is 17.4 Å². The highest BCUT2D eigenvalue weighted by Crippen LogP contribution is 2.17. The summed E-state index contributed by atoms with van der Waals surface area (Å²) < 4.78 is 0. The fourth-order valence-electron chi connectivity index (χ4n) is 1.23. The summed E-state index contributed by atoms with van der Waals surface area (Å²) in [6, 6.07) is 5.34. The minimum Gasteiger partial charge on any atom is -0.330 e. The van der Waals surface area contributed by atoms with Crippen molar-refractivity contribution in [1.82, 2.24) is 0 Å². The second-order valence-corrected chi connectivity index (χ2v) is 3.69. The highest BCUT2D eigenvalue weighted by atomic mass is 35.5. The van der Waals surface area contributed by atoms with Crippen LogP contribution < -0.4 is 5.73 Å². The molecule has 2 nitrogen and oxygen atoms in total. The fraction of sp³-hybridized carbons (Fsp3) is 0.364. The van der Waals surface area contributed by atoms with Crippen LogP contribution in [0.3, 0.4) is 0 Å². The van der Waals surface area contributed by atoms with Crippen LogP contribution in [0.4, 0.5) is 0 Å². The fourth-order valence-corrected chi connectivity index (χ4v) is 1.34. The molecule has 0 saturated heterocycles. The molecular weight excluding hydrogens is 198 g/mol. The number of aryl methyl sites for hydroxylation is 1. The number of ketones is 1. The molecule has 2 N–H and O–H groups in total. The molecule has 0 radical (unpaired) electrons. The lowest BCUT2D eigenvalue weighted by atomic mass is 10.0. The first-order chi connectivity index (χ1) is 6.65. The van der Waals surface area contributed by atoms with E-state index in [-0.39, 0.29) is 5.78 Å². The molecule has 1 aromatic rings. The lowest BCUT2D eigenvalue weighted by Crippen LogP contribution is -2.05. The maximum Gasteiger partial charge on any atom is 0.162 e. The number of hydrogen-bond donors (Lipinski definition) is 1. The number of carbonyl (C=O) groups is 1. The molecule has 0 aliphatic carbocycles. The first kappa shape index (κ1) is 11.2. The van der Waals surface area contributed by atoms with Crippen molar-refractivity contribution in [1.29, 1.82) is 0 Å². The van der Waals surface area contributed by atoms with Gasteiger partial charge in [0.1, 0.15) is 0 Å². The first-order valence-corrected chi connectivity index (χ1v) is 5.02. The van der Waals surface area contributed by atoms with Gasteiger partial charge in [-0.15, -0.1) is 0 Å². The Labute approximate surface area is 89.1 Å². The number of halogens is 1. The van der Waals surface area contributed by atoms with E-state index in [4.69, 9.17) is 17.3 Å². The summed E-state index contributed by atoms with van der Waals surface area (Å²) in [5.41, 5.74) is 6.99. The van der Waals surface area contributed by atoms with Crippen molar-refractivity contribution in [3.05, 3.63) is 34.3 Å². The first-order valence-electron chi connectivity index (χ1n) is 4.64. The van der Waals surface area contributed by atoms with Gasteiger partial charge < -0.3 is 5.73 Å². The molecule has 0 saturated carbocycles. The van der Waals surface area contributed by atoms with E-state index in [2.05, 4.69) is 0 Å². The van der Waals surface area contributed by atoms with Crippen molar-refractivity contribution in [2.75, 3.05) is 6.54 Å². The number of benzene rings is 1. The molecule has 0 aliphatic rings. The van der Waals surface area contributed by atoms with Crippen molar-refractivity contribution in [3.63, 3.8) is 0 Å². The molecule has 0 aromatic heterocycles. The SMILES string of the molecule is Cc1cc(C(=O)CCCN)ccc1Cl. The Hall–Kier alpha value is -0.860. The zero-order valence-corrected chi connectivity index (χ0v) is 8.97. The number of Topliss-reactive ketones (excluding diaryl/α,β-unsaturated/α-hetero) is 1. The highest BCUT2D eigenvalue weighted by Gasteiger charge is 2.06. The third-order valence-electron chi connectivity index (χ3n) is 2.09. The molecule has 0 bridgehead atoms. The molecule has 0 amide bonds. The van der Waals surface area contributed by atoms with Gasteiger partial charge in [0.2, 0.25) is 0 Å². The Bertz CT molecular complexity index is 336. The zero-order chi connectivity index (χ0) is 10.6. The maximum atomic E-state index is 11.6. The summed E-state index contributed by atoms with van der Waals surface area (Å²) in [7, 11) is 0. The molecule has 0 aliphatic heterocycles. The average Bonchev–Trinajstić information content (AvgIpc) is 2.18. The minimum absolute atomic E-state index is 0.134. The third-order valence-corrected chi connectivity index (χ3v) is 2.51. The van der Waals surface area contributed by atoms with E-state index >= 15 is 0 Å². The van der Waals surface area contributed by atoms with Crippen LogP contribution in [0.1, 0.15) is 28.8 Å². The van der Waals surface area contributed by atoms with E-state index < -0.39 is 0 Å². The van der Waals surface area contributed by atoms with Crippen LogP contribution in [-0.2, 0) is 0 Å². The van der Waals surface area contributed by atoms with Crippen LogP contribution in [0.15, 0.2) is 18.2 Å². The van der Waals surface area contributed by atoms with Gasteiger partial charge in [-0.05, 0) is 43.7 Å². The smallest absolute Gasteiger partial charge is 0.162 e. The zero-order valence-electron chi connectivity index (χ0n) is 8.22. The molecule has 0 fully saturated rings. The van der Waals surface area contributed by atoms with E-state index in [1.807, 2.05) is 13.0 Å². The number of rotatable bonds is 4. The van der Waals surface area contributed by atoms with Gasteiger partial charge in [0.25, 0.3) is 0 Å². The Morgan fingerprint density at radius 1 is 1.50 bits per heavy atom. The molecule has 0 atom stereocenters. The summed E-state index contributed by atoms with van der Waals surface area (Å²) in [6.45, 7) is 2.44. The summed E-state index contributed by atoms with van der Waals surface area (Å²) in [5, 5.41) is 0.695. The predicted octanol–water partition coefficient (Wildman–Crippen LogP) is 2.57. The van der Waals surface area contributed by atoms with E-state index in [9.17, 15) is 4.79 Å². The van der Waals surface area contributed by atoms with Gasteiger partial charge in [0.15, 0.2) is 5.78 Å². The van der Waals surface area contributed by atoms with Gasteiger partial charge in [-0.1, -0.05) is 11.6 Å². The van der Waals surface area contributed by atoms with E-state index in [0.29, 0.717) is 18.0 Å². The molecule has 3 heteroatoms. The molecule has 76 valence electrons. The van der Waals surface area contributed by atoms with Gasteiger partial charge in [0, 0.05) is 17.0 Å². The maximum absolute atomic E-state index is 11.6. The van der Waals surface area contributed by atoms with E-state index in [1.165, 1.54) is 0 Å². The monoisotopic (exact) mass is 211 g/mol. The largest absolute Gasteiger partial charge is 0.330 e. The lowest BCUT2D eigenvalue weighted by molar-refractivity contribution is 0.0980. The van der Waals surface area contributed by atoms with Crippen LogP contribution in [-0.4, -0.2) is 12.3 Å². The van der Waals surface area contributed by atoms with Crippen LogP contribution in [0.25, 0.3) is 0 Å². The summed E-state index contributed by atoms with van der Waals surface area (Å²) in [6.07, 6.45) is 1.25. The standard InChI is InChI=1S/C11H14ClNO/c1-8-7-9(4-5-10(8)12)11(14)3-2-6-13/h4-5,7H,2-3,6,13H2,1H3. The molecule has 1 rings (SSSR count). The minimum atomic E-state index is 0.134. The van der Waals surface area contributed by atoms with Crippen LogP contribution in [0.5, 0.6) is 0 Å². The second-order valence-electron chi connectivity index (χ2n) is 3.28. The Morgan fingerprint density at radius 3 is 2.79 bits per heavy atom. The van der Waals surface area contributed by atoms with Gasteiger partial charge in [0.05, 0.1) is 0 Å². The second kappa shape index (κ2) is 5.13. The normalized spacial score (nSPS) is 10.2. The van der Waals surface area contributed by atoms with Crippen LogP contribution in [0.2, 0.25) is 5.02 Å². The van der Waals surface area contributed by atoms with Gasteiger partial charge in [-0.2, -0.15) is 0 Å². The predicted molar refractivity (Wildman–Crippen MR) is 58.8 cm³/mol. The number of nitrogens with two attached hydrogens (primary N) is 1. The van der Waals surface area contributed by atoms with Crippen LogP contribution in [0, 0.1) is 6.92 Å². The van der Waals surface area contributed by atoms with Gasteiger partial charge in [-0.25, -0.2) is 0 Å². The molecule has 0 spiro atoms. The molecular formula is C11H14ClNO. The summed E-state index contributed by atoms with van der Waals surface area (Å²) >= 11 is 5.86. The van der Waals surface area contributed by atoms with Crippen molar-refractivity contribution < 1.29 is 4.79 Å². The molecule has 1 aromatic carbocycles. The Morgan fingerprint density at radius 2 is 2.21 bits per heavy atom. The van der Waals surface area contributed by atoms with E-state index in [1.54, 1.807) is 12.1 Å². The molecule has 0 heterocycles. The highest BCUT2D eigenvalue weighted by molar-refractivity contribution is 6.31. The van der Waals surface area contributed by atoms with Gasteiger partial charge in [-0.3, -0.25) is 4.79 Å². The summed E-state index contributed by atoms with van der Waals surface area (Å²) in [5.74, 6) is 0.134. The number of hydrogen-bond acceptors (Lipinski definition) is 2. The Kier molecular flexibility index (Phi) is 4.11. The van der Waals surface area contributed by atoms with Crippen LogP contribution >= 0.6 is 11.6 Å². The average molecular weight is 212 g/mol. The summed E-state index contributed by atoms with van der Waals surface area (Å²) in [4.78, 5) is 11.6. The molecule has 0 unspecified atom stereocenters. The quantitative estimate of drug-likeness (QED) is 0.778. The topological polar surface area (TPSA) is 43.1 Å².